The Labute approximate surface area is 109 Å². The second-order valence-corrected chi connectivity index (χ2v) is 7.55. The molecule has 1 heteroatoms. The van der Waals surface area contributed by atoms with Crippen molar-refractivity contribution in [2.75, 3.05) is 0 Å². The fourth-order valence-electron chi connectivity index (χ4n) is 1.89. The number of rotatable bonds is 0. The van der Waals surface area contributed by atoms with Crippen LogP contribution in [-0.4, -0.2) is 16.0 Å². The molecule has 0 saturated heterocycles. The van der Waals surface area contributed by atoms with E-state index in [4.69, 9.17) is 0 Å². The third kappa shape index (κ3) is 2.90. The molecule has 1 rings (SSSR count). The molecular weight excluding hydrogens is 259 g/mol. The number of hydrogen-bond acceptors (Lipinski definition) is 0. The maximum absolute atomic E-state index is 3.28. The normalized spacial score (nSPS) is 12.9. The van der Waals surface area contributed by atoms with Gasteiger partial charge in [0.15, 0.2) is 0 Å². The fourth-order valence-corrected chi connectivity index (χ4v) is 3.42. The Morgan fingerprint density at radius 3 is 1.38 bits per heavy atom. The summed E-state index contributed by atoms with van der Waals surface area (Å²) in [6.45, 7) is 15.8. The molecule has 0 aromatic heterocycles. The first kappa shape index (κ1) is 13.8. The minimum atomic E-state index is 0.201. The number of benzene rings is 1. The predicted octanol–water partition coefficient (Wildman–Crippen LogP) is 3.38. The zero-order valence-corrected chi connectivity index (χ0v) is 13.3. The summed E-state index contributed by atoms with van der Waals surface area (Å²) in [6, 6.07) is 4.61. The van der Waals surface area contributed by atoms with E-state index >= 15 is 0 Å². The molecule has 1 radical (unpaired) electrons. The van der Waals surface area contributed by atoms with Crippen molar-refractivity contribution in [1.82, 2.24) is 0 Å². The molecule has 0 aliphatic carbocycles. The molecule has 1 aromatic carbocycles. The van der Waals surface area contributed by atoms with Gasteiger partial charge >= 0.3 is 109 Å². The van der Waals surface area contributed by atoms with E-state index in [1.54, 1.807) is 0 Å². The van der Waals surface area contributed by atoms with Gasteiger partial charge in [-0.3, -0.25) is 0 Å². The second-order valence-electron chi connectivity index (χ2n) is 6.69. The van der Waals surface area contributed by atoms with Gasteiger partial charge in [-0.2, -0.15) is 0 Å². The molecule has 0 atom stereocenters. The molecule has 0 amide bonds. The minimum absolute atomic E-state index is 0.201. The third-order valence-electron chi connectivity index (χ3n) is 2.85. The predicted molar refractivity (Wildman–Crippen MR) is 74.0 cm³/mol. The van der Waals surface area contributed by atoms with Gasteiger partial charge in [-0.25, -0.2) is 0 Å². The molecule has 16 heavy (non-hydrogen) atoms. The van der Waals surface area contributed by atoms with E-state index in [0.717, 1.165) is 0 Å². The Bertz CT molecular complexity index is 354. The van der Waals surface area contributed by atoms with Crippen LogP contribution >= 0.6 is 0 Å². The van der Waals surface area contributed by atoms with E-state index in [1.165, 1.54) is 21.2 Å². The Balaban J connectivity index is 3.51. The van der Waals surface area contributed by atoms with Crippen molar-refractivity contribution in [3.05, 3.63) is 28.8 Å². The maximum atomic E-state index is 3.28. The van der Waals surface area contributed by atoms with Crippen LogP contribution in [0.4, 0.5) is 0 Å². The van der Waals surface area contributed by atoms with Crippen molar-refractivity contribution in [2.45, 2.75) is 59.3 Å². The number of aryl methyl sites for hydroxylation is 1. The summed E-state index contributed by atoms with van der Waals surface area (Å²) in [4.78, 5) is 0. The average Bonchev–Trinajstić information content (AvgIpc) is 2.04. The van der Waals surface area contributed by atoms with Crippen LogP contribution in [0.25, 0.3) is 0 Å². The molecule has 0 fully saturated rings. The first-order chi connectivity index (χ1) is 7.03. The molecule has 0 saturated carbocycles. The summed E-state index contributed by atoms with van der Waals surface area (Å²) in [6.07, 6.45) is 0. The van der Waals surface area contributed by atoms with Crippen molar-refractivity contribution in [2.24, 2.45) is 0 Å². The summed E-state index contributed by atoms with van der Waals surface area (Å²) in [5.41, 5.74) is 4.61. The van der Waals surface area contributed by atoms with E-state index in [2.05, 4.69) is 76.6 Å². The Morgan fingerprint density at radius 2 is 1.12 bits per heavy atom. The van der Waals surface area contributed by atoms with Crippen molar-refractivity contribution < 1.29 is 0 Å². The van der Waals surface area contributed by atoms with Crippen molar-refractivity contribution in [3.63, 3.8) is 0 Å². The SMILES string of the molecule is Cc1cc(C(C)(C)C)c([Se])c(C(C)(C)C)c1. The van der Waals surface area contributed by atoms with Crippen LogP contribution in [0.2, 0.25) is 0 Å². The van der Waals surface area contributed by atoms with Gasteiger partial charge in [0.2, 0.25) is 0 Å². The van der Waals surface area contributed by atoms with Gasteiger partial charge in [0, 0.05) is 0 Å². The first-order valence-electron chi connectivity index (χ1n) is 5.86. The molecule has 0 unspecified atom stereocenters. The standard InChI is InChI=1S/C15H23Se/c1-10-8-11(14(2,3)4)13(16)12(9-10)15(5,6)7/h8-9H,1-7H3. The summed E-state index contributed by atoms with van der Waals surface area (Å²) < 4.78 is 1.34. The van der Waals surface area contributed by atoms with Crippen LogP contribution in [0.3, 0.4) is 0 Å². The van der Waals surface area contributed by atoms with Crippen LogP contribution in [0.5, 0.6) is 0 Å². The van der Waals surface area contributed by atoms with Gasteiger partial charge in [0.1, 0.15) is 0 Å². The van der Waals surface area contributed by atoms with Crippen LogP contribution in [0.15, 0.2) is 12.1 Å². The van der Waals surface area contributed by atoms with Gasteiger partial charge in [-0.05, 0) is 0 Å². The van der Waals surface area contributed by atoms with Crippen molar-refractivity contribution >= 4 is 20.5 Å². The molecule has 0 spiro atoms. The summed E-state index contributed by atoms with van der Waals surface area (Å²) in [5.74, 6) is 0. The van der Waals surface area contributed by atoms with E-state index in [1.807, 2.05) is 0 Å². The van der Waals surface area contributed by atoms with E-state index in [0.29, 0.717) is 0 Å². The van der Waals surface area contributed by atoms with Crippen LogP contribution in [-0.2, 0) is 10.8 Å². The van der Waals surface area contributed by atoms with E-state index < -0.39 is 0 Å². The summed E-state index contributed by atoms with van der Waals surface area (Å²) >= 11 is 3.28. The molecule has 0 aliphatic rings. The summed E-state index contributed by atoms with van der Waals surface area (Å²) in [7, 11) is 0. The Morgan fingerprint density at radius 1 is 0.812 bits per heavy atom. The molecule has 0 N–H and O–H groups in total. The van der Waals surface area contributed by atoms with Gasteiger partial charge in [0.05, 0.1) is 0 Å². The van der Waals surface area contributed by atoms with E-state index in [9.17, 15) is 0 Å². The molecule has 0 heterocycles. The summed E-state index contributed by atoms with van der Waals surface area (Å²) in [5, 5.41) is 0. The van der Waals surface area contributed by atoms with Gasteiger partial charge in [-0.1, -0.05) is 0 Å². The zero-order valence-electron chi connectivity index (χ0n) is 11.6. The average molecular weight is 282 g/mol. The second kappa shape index (κ2) is 4.20. The quantitative estimate of drug-likeness (QED) is 0.640. The van der Waals surface area contributed by atoms with Crippen molar-refractivity contribution in [1.29, 1.82) is 0 Å². The Hall–Kier alpha value is -0.261. The topological polar surface area (TPSA) is 0 Å². The fraction of sp³-hybridized carbons (Fsp3) is 0.600. The van der Waals surface area contributed by atoms with Crippen LogP contribution in [0, 0.1) is 6.92 Å². The molecule has 0 bridgehead atoms. The monoisotopic (exact) mass is 283 g/mol. The third-order valence-corrected chi connectivity index (χ3v) is 3.77. The van der Waals surface area contributed by atoms with Gasteiger partial charge in [0.25, 0.3) is 0 Å². The molecular formula is C15H23Se. The Kier molecular flexibility index (Phi) is 3.62. The van der Waals surface area contributed by atoms with Gasteiger partial charge < -0.3 is 0 Å². The molecule has 89 valence electrons. The molecule has 0 aliphatic heterocycles. The zero-order chi connectivity index (χ0) is 12.7. The van der Waals surface area contributed by atoms with Gasteiger partial charge in [-0.15, -0.1) is 0 Å². The van der Waals surface area contributed by atoms with Crippen LogP contribution in [0.1, 0.15) is 58.2 Å². The van der Waals surface area contributed by atoms with E-state index in [-0.39, 0.29) is 10.8 Å². The van der Waals surface area contributed by atoms with Crippen LogP contribution < -0.4 is 4.46 Å². The molecule has 0 nitrogen and oxygen atoms in total. The van der Waals surface area contributed by atoms with Crippen molar-refractivity contribution in [3.8, 4) is 0 Å². The molecule has 1 aromatic rings. The number of hydrogen-bond donors (Lipinski definition) is 0. The first-order valence-corrected chi connectivity index (χ1v) is 6.72.